The Bertz CT molecular complexity index is 3940. The molecule has 0 fully saturated rings. The van der Waals surface area contributed by atoms with Gasteiger partial charge in [0.25, 0.3) is 0 Å². The minimum absolute atomic E-state index is 0.633. The summed E-state index contributed by atoms with van der Waals surface area (Å²) in [5, 5.41) is 12.5. The number of rotatable bonds is 6. The fourth-order valence-electron chi connectivity index (χ4n) is 9.66. The van der Waals surface area contributed by atoms with E-state index in [-0.39, 0.29) is 0 Å². The van der Waals surface area contributed by atoms with Crippen LogP contribution in [-0.4, -0.2) is 15.0 Å². The Labute approximate surface area is 379 Å². The highest BCUT2D eigenvalue weighted by atomic mass is 32.1. The molecule has 2 aromatic heterocycles. The average molecular weight is 844 g/mol. The van der Waals surface area contributed by atoms with Crippen LogP contribution in [0.25, 0.3) is 131 Å². The van der Waals surface area contributed by atoms with Crippen LogP contribution < -0.4 is 0 Å². The van der Waals surface area contributed by atoms with Gasteiger partial charge in [-0.05, 0) is 101 Å². The summed E-state index contributed by atoms with van der Waals surface area (Å²) in [6, 6.07) is 80.6. The van der Waals surface area contributed by atoms with Crippen LogP contribution >= 0.6 is 11.3 Å². The van der Waals surface area contributed by atoms with Gasteiger partial charge < -0.3 is 0 Å². The standard InChI is InChI=1S/C61H37N3S/c1-3-15-40-35-48(31-29-38(40)13-1)60-62-59(63-61(64-60)49-32-30-39-14-2-4-16-41(39)36-49)47-22-11-20-45(37-47)43-18-9-17-42(33-43)44-19-10-21-46(34-44)50-27-12-28-55-56-53-25-7-5-23-51(53)52-24-6-8-26-54(52)58(56)65-57(50)55/h1-37H. The summed E-state index contributed by atoms with van der Waals surface area (Å²) in [5.41, 5.74) is 9.84. The summed E-state index contributed by atoms with van der Waals surface area (Å²) in [7, 11) is 0. The molecule has 4 heteroatoms. The zero-order valence-corrected chi connectivity index (χ0v) is 35.9. The molecule has 0 aliphatic carbocycles. The summed E-state index contributed by atoms with van der Waals surface area (Å²) in [6.45, 7) is 0. The Morgan fingerprint density at radius 1 is 0.246 bits per heavy atom. The first-order chi connectivity index (χ1) is 32.2. The van der Waals surface area contributed by atoms with E-state index < -0.39 is 0 Å². The number of hydrogen-bond acceptors (Lipinski definition) is 4. The predicted molar refractivity (Wildman–Crippen MR) is 275 cm³/mol. The summed E-state index contributed by atoms with van der Waals surface area (Å²) in [5.74, 6) is 1.92. The van der Waals surface area contributed by atoms with E-state index in [2.05, 4.69) is 224 Å². The third-order valence-electron chi connectivity index (χ3n) is 12.8. The van der Waals surface area contributed by atoms with Gasteiger partial charge in [0.1, 0.15) is 0 Å². The number of thiophene rings is 1. The molecule has 3 nitrogen and oxygen atoms in total. The van der Waals surface area contributed by atoms with E-state index in [0.717, 1.165) is 44.2 Å². The van der Waals surface area contributed by atoms with Crippen molar-refractivity contribution in [2.75, 3.05) is 0 Å². The highest BCUT2D eigenvalue weighted by molar-refractivity contribution is 7.27. The zero-order chi connectivity index (χ0) is 42.8. The molecular formula is C61H37N3S. The van der Waals surface area contributed by atoms with Crippen molar-refractivity contribution < 1.29 is 0 Å². The van der Waals surface area contributed by atoms with Gasteiger partial charge in [0.15, 0.2) is 17.5 Å². The lowest BCUT2D eigenvalue weighted by Gasteiger charge is -2.12. The molecule has 0 aliphatic rings. The molecule has 0 saturated carbocycles. The molecule has 0 amide bonds. The summed E-state index contributed by atoms with van der Waals surface area (Å²) >= 11 is 1.91. The van der Waals surface area contributed by atoms with E-state index in [1.54, 1.807) is 0 Å². The van der Waals surface area contributed by atoms with Gasteiger partial charge in [0.05, 0.1) is 0 Å². The predicted octanol–water partition coefficient (Wildman–Crippen LogP) is 16.9. The topological polar surface area (TPSA) is 38.7 Å². The lowest BCUT2D eigenvalue weighted by atomic mass is 9.94. The molecule has 302 valence electrons. The lowest BCUT2D eigenvalue weighted by molar-refractivity contribution is 1.08. The van der Waals surface area contributed by atoms with Crippen LogP contribution in [0.15, 0.2) is 224 Å². The maximum atomic E-state index is 5.15. The van der Waals surface area contributed by atoms with Crippen molar-refractivity contribution in [1.29, 1.82) is 0 Å². The number of nitrogens with zero attached hydrogens (tertiary/aromatic N) is 3. The molecule has 0 bridgehead atoms. The van der Waals surface area contributed by atoms with Crippen molar-refractivity contribution >= 4 is 74.6 Å². The fraction of sp³-hybridized carbons (Fsp3) is 0. The van der Waals surface area contributed by atoms with E-state index >= 15 is 0 Å². The van der Waals surface area contributed by atoms with Crippen molar-refractivity contribution in [3.63, 3.8) is 0 Å². The highest BCUT2D eigenvalue weighted by Gasteiger charge is 2.18. The second-order valence-electron chi connectivity index (χ2n) is 16.8. The first-order valence-electron chi connectivity index (χ1n) is 22.0. The molecule has 0 spiro atoms. The van der Waals surface area contributed by atoms with Crippen molar-refractivity contribution in [2.45, 2.75) is 0 Å². The number of aromatic nitrogens is 3. The Kier molecular flexibility index (Phi) is 8.71. The summed E-state index contributed by atoms with van der Waals surface area (Å²) in [6.07, 6.45) is 0. The number of benzene rings is 11. The zero-order valence-electron chi connectivity index (χ0n) is 35.1. The van der Waals surface area contributed by atoms with Gasteiger partial charge in [-0.1, -0.05) is 194 Å². The molecule has 11 aromatic carbocycles. The van der Waals surface area contributed by atoms with Gasteiger partial charge in [-0.2, -0.15) is 0 Å². The summed E-state index contributed by atoms with van der Waals surface area (Å²) in [4.78, 5) is 15.4. The minimum Gasteiger partial charge on any atom is -0.208 e. The maximum absolute atomic E-state index is 5.15. The average Bonchev–Trinajstić information content (AvgIpc) is 3.79. The van der Waals surface area contributed by atoms with Crippen molar-refractivity contribution in [2.24, 2.45) is 0 Å². The van der Waals surface area contributed by atoms with Crippen molar-refractivity contribution in [3.05, 3.63) is 224 Å². The molecule has 13 aromatic rings. The van der Waals surface area contributed by atoms with Gasteiger partial charge in [0.2, 0.25) is 0 Å². The molecule has 0 aliphatic heterocycles. The van der Waals surface area contributed by atoms with E-state index in [4.69, 9.17) is 15.0 Å². The Hall–Kier alpha value is -8.31. The molecule has 13 rings (SSSR count). The Morgan fingerprint density at radius 2 is 0.646 bits per heavy atom. The van der Waals surface area contributed by atoms with Crippen LogP contribution in [0.1, 0.15) is 0 Å². The molecule has 65 heavy (non-hydrogen) atoms. The van der Waals surface area contributed by atoms with E-state index in [9.17, 15) is 0 Å². The normalized spacial score (nSPS) is 11.7. The van der Waals surface area contributed by atoms with Gasteiger partial charge in [-0.3, -0.25) is 0 Å². The quantitative estimate of drug-likeness (QED) is 0.157. The number of hydrogen-bond donors (Lipinski definition) is 0. The lowest BCUT2D eigenvalue weighted by Crippen LogP contribution is -2.00. The second kappa shape index (κ2) is 15.2. The molecule has 0 radical (unpaired) electrons. The molecular weight excluding hydrogens is 807 g/mol. The number of fused-ring (bicyclic) bond motifs is 10. The smallest absolute Gasteiger partial charge is 0.164 e. The van der Waals surface area contributed by atoms with Crippen LogP contribution in [0, 0.1) is 0 Å². The summed E-state index contributed by atoms with van der Waals surface area (Å²) < 4.78 is 2.66. The van der Waals surface area contributed by atoms with Crippen molar-refractivity contribution in [3.8, 4) is 67.5 Å². The van der Waals surface area contributed by atoms with E-state index in [1.807, 2.05) is 11.3 Å². The third-order valence-corrected chi connectivity index (χ3v) is 14.1. The van der Waals surface area contributed by atoms with Gasteiger partial charge >= 0.3 is 0 Å². The van der Waals surface area contributed by atoms with Crippen LogP contribution in [0.2, 0.25) is 0 Å². The van der Waals surface area contributed by atoms with Crippen LogP contribution in [0.5, 0.6) is 0 Å². The fourth-order valence-corrected chi connectivity index (χ4v) is 11.0. The Morgan fingerprint density at radius 3 is 1.23 bits per heavy atom. The van der Waals surface area contributed by atoms with Crippen molar-refractivity contribution in [1.82, 2.24) is 15.0 Å². The Balaban J connectivity index is 0.890. The molecule has 0 N–H and O–H groups in total. The van der Waals surface area contributed by atoms with Crippen LogP contribution in [0.3, 0.4) is 0 Å². The van der Waals surface area contributed by atoms with E-state index in [0.29, 0.717) is 17.5 Å². The first-order valence-corrected chi connectivity index (χ1v) is 22.8. The minimum atomic E-state index is 0.633. The van der Waals surface area contributed by atoms with E-state index in [1.165, 1.54) is 69.2 Å². The molecule has 0 unspecified atom stereocenters. The van der Waals surface area contributed by atoms with Gasteiger partial charge in [0, 0.05) is 42.2 Å². The molecule has 0 atom stereocenters. The highest BCUT2D eigenvalue weighted by Crippen LogP contribution is 2.47. The van der Waals surface area contributed by atoms with Gasteiger partial charge in [-0.15, -0.1) is 11.3 Å². The van der Waals surface area contributed by atoms with Gasteiger partial charge in [-0.25, -0.2) is 15.0 Å². The van der Waals surface area contributed by atoms with Crippen LogP contribution in [0.4, 0.5) is 0 Å². The largest absolute Gasteiger partial charge is 0.208 e. The van der Waals surface area contributed by atoms with Crippen LogP contribution in [-0.2, 0) is 0 Å². The monoisotopic (exact) mass is 843 g/mol. The molecule has 0 saturated heterocycles. The SMILES string of the molecule is c1cc(-c2cccc(-c3nc(-c4ccc5ccccc5c4)nc(-c4ccc5ccccc5c4)n3)c2)cc(-c2cccc(-c3cccc4c3sc3c5ccccc5c5ccccc5c43)c2)c1. The maximum Gasteiger partial charge on any atom is 0.164 e. The molecule has 2 heterocycles. The first kappa shape index (κ1) is 37.3. The second-order valence-corrected chi connectivity index (χ2v) is 17.8. The third kappa shape index (κ3) is 6.46.